The van der Waals surface area contributed by atoms with Gasteiger partial charge in [0.25, 0.3) is 0 Å². The molecule has 0 aliphatic rings. The van der Waals surface area contributed by atoms with E-state index < -0.39 is 0 Å². The molecule has 0 bridgehead atoms. The summed E-state index contributed by atoms with van der Waals surface area (Å²) in [4.78, 5) is 15.6. The van der Waals surface area contributed by atoms with Gasteiger partial charge in [0, 0.05) is 67.0 Å². The number of rotatable bonds is 11. The van der Waals surface area contributed by atoms with Crippen LogP contribution in [0.4, 0.5) is 0 Å². The summed E-state index contributed by atoms with van der Waals surface area (Å²) in [6, 6.07) is 0.0573. The summed E-state index contributed by atoms with van der Waals surface area (Å²) in [6.45, 7) is 3.46. The molecule has 6 nitrogen and oxygen atoms in total. The summed E-state index contributed by atoms with van der Waals surface area (Å²) < 4.78 is 10.2. The Labute approximate surface area is 116 Å². The van der Waals surface area contributed by atoms with E-state index in [1.165, 1.54) is 0 Å². The molecule has 0 aromatic heterocycles. The standard InChI is InChI=1S/C13H29N3O3/c1-15(2)13(17)10-12(11-14)16(7-9-19-4)6-5-8-18-3/h12H,5-11,14H2,1-4H3. The molecule has 0 heterocycles. The van der Waals surface area contributed by atoms with Crippen LogP contribution in [0, 0.1) is 0 Å². The van der Waals surface area contributed by atoms with E-state index in [1.807, 2.05) is 0 Å². The SMILES string of the molecule is COCCCN(CCOC)C(CN)CC(=O)N(C)C. The molecule has 1 unspecified atom stereocenters. The predicted molar refractivity (Wildman–Crippen MR) is 76.1 cm³/mol. The summed E-state index contributed by atoms with van der Waals surface area (Å²) in [5.41, 5.74) is 5.81. The summed E-state index contributed by atoms with van der Waals surface area (Å²) in [7, 11) is 6.89. The molecule has 1 atom stereocenters. The van der Waals surface area contributed by atoms with Gasteiger partial charge in [0.2, 0.25) is 5.91 Å². The average molecular weight is 275 g/mol. The Morgan fingerprint density at radius 1 is 1.16 bits per heavy atom. The highest BCUT2D eigenvalue weighted by Crippen LogP contribution is 2.06. The van der Waals surface area contributed by atoms with Crippen molar-refractivity contribution in [1.29, 1.82) is 0 Å². The summed E-state index contributed by atoms with van der Waals surface area (Å²) >= 11 is 0. The van der Waals surface area contributed by atoms with Gasteiger partial charge in [0.05, 0.1) is 6.61 Å². The molecule has 2 N–H and O–H groups in total. The molecular formula is C13H29N3O3. The number of carbonyl (C=O) groups excluding carboxylic acids is 1. The van der Waals surface area contributed by atoms with Crippen LogP contribution in [-0.4, -0.2) is 82.9 Å². The minimum absolute atomic E-state index is 0.0573. The van der Waals surface area contributed by atoms with Gasteiger partial charge < -0.3 is 20.1 Å². The van der Waals surface area contributed by atoms with Crippen LogP contribution in [0.25, 0.3) is 0 Å². The molecule has 0 radical (unpaired) electrons. The third-order valence-corrected chi connectivity index (χ3v) is 3.07. The van der Waals surface area contributed by atoms with E-state index in [9.17, 15) is 4.79 Å². The summed E-state index contributed by atoms with van der Waals surface area (Å²) in [6.07, 6.45) is 1.37. The van der Waals surface area contributed by atoms with E-state index in [0.717, 1.165) is 19.5 Å². The van der Waals surface area contributed by atoms with Gasteiger partial charge in [0.1, 0.15) is 0 Å². The molecule has 0 fully saturated rings. The zero-order chi connectivity index (χ0) is 14.7. The van der Waals surface area contributed by atoms with E-state index in [4.69, 9.17) is 15.2 Å². The van der Waals surface area contributed by atoms with Gasteiger partial charge in [-0.2, -0.15) is 0 Å². The van der Waals surface area contributed by atoms with Crippen LogP contribution in [0.1, 0.15) is 12.8 Å². The Balaban J connectivity index is 4.42. The lowest BCUT2D eigenvalue weighted by Gasteiger charge is -2.31. The van der Waals surface area contributed by atoms with Crippen molar-refractivity contribution in [3.63, 3.8) is 0 Å². The lowest BCUT2D eigenvalue weighted by molar-refractivity contribution is -0.130. The van der Waals surface area contributed by atoms with Crippen molar-refractivity contribution in [1.82, 2.24) is 9.80 Å². The zero-order valence-electron chi connectivity index (χ0n) is 12.7. The van der Waals surface area contributed by atoms with Crippen LogP contribution >= 0.6 is 0 Å². The molecule has 0 rings (SSSR count). The largest absolute Gasteiger partial charge is 0.385 e. The number of nitrogens with two attached hydrogens (primary N) is 1. The Morgan fingerprint density at radius 3 is 2.26 bits per heavy atom. The van der Waals surface area contributed by atoms with Crippen molar-refractivity contribution in [3.05, 3.63) is 0 Å². The van der Waals surface area contributed by atoms with Gasteiger partial charge in [-0.1, -0.05) is 0 Å². The van der Waals surface area contributed by atoms with Crippen LogP contribution in [0.5, 0.6) is 0 Å². The number of hydrogen-bond acceptors (Lipinski definition) is 5. The molecule has 0 aliphatic heterocycles. The maximum absolute atomic E-state index is 11.8. The van der Waals surface area contributed by atoms with Crippen molar-refractivity contribution in [3.8, 4) is 0 Å². The predicted octanol–water partition coefficient (Wildman–Crippen LogP) is -0.223. The highest BCUT2D eigenvalue weighted by molar-refractivity contribution is 5.76. The van der Waals surface area contributed by atoms with Crippen LogP contribution in [0.3, 0.4) is 0 Å². The molecule has 6 heteroatoms. The van der Waals surface area contributed by atoms with Crippen LogP contribution < -0.4 is 5.73 Å². The van der Waals surface area contributed by atoms with Gasteiger partial charge in [0.15, 0.2) is 0 Å². The van der Waals surface area contributed by atoms with Crippen molar-refractivity contribution >= 4 is 5.91 Å². The fourth-order valence-corrected chi connectivity index (χ4v) is 1.84. The highest BCUT2D eigenvalue weighted by Gasteiger charge is 2.20. The van der Waals surface area contributed by atoms with E-state index in [2.05, 4.69) is 4.90 Å². The summed E-state index contributed by atoms with van der Waals surface area (Å²) in [5, 5.41) is 0. The number of amides is 1. The second kappa shape index (κ2) is 11.2. The molecule has 19 heavy (non-hydrogen) atoms. The second-order valence-corrected chi connectivity index (χ2v) is 4.76. The first-order chi connectivity index (χ1) is 9.06. The maximum Gasteiger partial charge on any atom is 0.223 e. The number of nitrogens with zero attached hydrogens (tertiary/aromatic N) is 2. The van der Waals surface area contributed by atoms with E-state index >= 15 is 0 Å². The average Bonchev–Trinajstić information content (AvgIpc) is 2.40. The van der Waals surface area contributed by atoms with Crippen molar-refractivity contribution in [2.24, 2.45) is 5.73 Å². The number of ether oxygens (including phenoxy) is 2. The first-order valence-electron chi connectivity index (χ1n) is 6.68. The topological polar surface area (TPSA) is 68.0 Å². The third kappa shape index (κ3) is 8.15. The van der Waals surface area contributed by atoms with Crippen LogP contribution in [0.15, 0.2) is 0 Å². The fraction of sp³-hybridized carbons (Fsp3) is 0.923. The highest BCUT2D eigenvalue weighted by atomic mass is 16.5. The first kappa shape index (κ1) is 18.3. The lowest BCUT2D eigenvalue weighted by atomic mass is 10.1. The molecule has 0 aliphatic carbocycles. The number of methoxy groups -OCH3 is 2. The Bertz CT molecular complexity index is 237. The molecule has 0 saturated carbocycles. The van der Waals surface area contributed by atoms with Gasteiger partial charge in [-0.3, -0.25) is 9.69 Å². The molecule has 0 aromatic carbocycles. The smallest absolute Gasteiger partial charge is 0.223 e. The van der Waals surface area contributed by atoms with E-state index in [-0.39, 0.29) is 11.9 Å². The molecule has 114 valence electrons. The number of carbonyl (C=O) groups is 1. The van der Waals surface area contributed by atoms with Gasteiger partial charge in [-0.05, 0) is 6.42 Å². The summed E-state index contributed by atoms with van der Waals surface area (Å²) in [5.74, 6) is 0.101. The van der Waals surface area contributed by atoms with Crippen LogP contribution in [0.2, 0.25) is 0 Å². The molecule has 0 aromatic rings. The van der Waals surface area contributed by atoms with Crippen molar-refractivity contribution < 1.29 is 14.3 Å². The zero-order valence-corrected chi connectivity index (χ0v) is 12.7. The van der Waals surface area contributed by atoms with Crippen LogP contribution in [-0.2, 0) is 14.3 Å². The molecule has 1 amide bonds. The third-order valence-electron chi connectivity index (χ3n) is 3.07. The Morgan fingerprint density at radius 2 is 1.79 bits per heavy atom. The monoisotopic (exact) mass is 275 g/mol. The molecular weight excluding hydrogens is 246 g/mol. The van der Waals surface area contributed by atoms with Crippen molar-refractivity contribution in [2.75, 3.05) is 61.2 Å². The fourth-order valence-electron chi connectivity index (χ4n) is 1.84. The van der Waals surface area contributed by atoms with Gasteiger partial charge in [-0.15, -0.1) is 0 Å². The van der Waals surface area contributed by atoms with Gasteiger partial charge in [-0.25, -0.2) is 0 Å². The first-order valence-corrected chi connectivity index (χ1v) is 6.68. The van der Waals surface area contributed by atoms with E-state index in [0.29, 0.717) is 26.2 Å². The van der Waals surface area contributed by atoms with Gasteiger partial charge >= 0.3 is 0 Å². The normalized spacial score (nSPS) is 12.7. The minimum atomic E-state index is 0.0573. The Hall–Kier alpha value is -0.690. The van der Waals surface area contributed by atoms with E-state index in [1.54, 1.807) is 33.2 Å². The van der Waals surface area contributed by atoms with Crippen molar-refractivity contribution in [2.45, 2.75) is 18.9 Å². The quantitative estimate of drug-likeness (QED) is 0.528. The second-order valence-electron chi connectivity index (χ2n) is 4.76. The Kier molecular flexibility index (Phi) is 10.8. The minimum Gasteiger partial charge on any atom is -0.385 e. The lowest BCUT2D eigenvalue weighted by Crippen LogP contribution is -2.45. The molecule has 0 spiro atoms. The maximum atomic E-state index is 11.8. The molecule has 0 saturated heterocycles. The number of hydrogen-bond donors (Lipinski definition) is 1.